The van der Waals surface area contributed by atoms with Crippen molar-refractivity contribution in [2.45, 2.75) is 38.5 Å². The molecule has 1 N–H and O–H groups in total. The fourth-order valence-corrected chi connectivity index (χ4v) is 14.0. The van der Waals surface area contributed by atoms with Crippen LogP contribution in [0.2, 0.25) is 0 Å². The van der Waals surface area contributed by atoms with E-state index in [1.165, 1.54) is 15.9 Å². The van der Waals surface area contributed by atoms with Gasteiger partial charge in [-0.3, -0.25) is 0 Å². The Balaban J connectivity index is 2.50. The summed E-state index contributed by atoms with van der Waals surface area (Å²) in [6.45, 7) is 4.14. The molecule has 0 aliphatic heterocycles. The fraction of sp³-hybridized carbons (Fsp3) is 0.250. The molecule has 0 amide bonds. The monoisotopic (exact) mass is 442 g/mol. The van der Waals surface area contributed by atoms with Crippen LogP contribution in [-0.2, 0) is 0 Å². The third-order valence-corrected chi connectivity index (χ3v) is 16.7. The van der Waals surface area contributed by atoms with Crippen molar-refractivity contribution in [3.8, 4) is 0 Å². The van der Waals surface area contributed by atoms with E-state index in [-0.39, 0.29) is 5.66 Å². The summed E-state index contributed by atoms with van der Waals surface area (Å²) in [7, 11) is 0. The minimum absolute atomic E-state index is 0.0770. The second-order valence-corrected chi connectivity index (χ2v) is 16.0. The Morgan fingerprint density at radius 3 is 1.33 bits per heavy atom. The molecule has 142 valence electrons. The Morgan fingerprint density at radius 1 is 0.741 bits per heavy atom. The normalized spacial score (nSPS) is 15.5. The van der Waals surface area contributed by atoms with Crippen molar-refractivity contribution in [1.29, 1.82) is 0 Å². The Hall–Kier alpha value is -1.47. The minimum atomic E-state index is -3.09. The number of benzene rings is 3. The Morgan fingerprint density at radius 2 is 1.07 bits per heavy atom. The molecule has 0 bridgehead atoms. The molecule has 2 unspecified atom stereocenters. The van der Waals surface area contributed by atoms with Crippen molar-refractivity contribution in [2.75, 3.05) is 0 Å². The van der Waals surface area contributed by atoms with Crippen LogP contribution in [0.4, 0.5) is 0 Å². The zero-order valence-electron chi connectivity index (χ0n) is 16.0. The maximum atomic E-state index is 11.0. The molecule has 3 heteroatoms. The van der Waals surface area contributed by atoms with Gasteiger partial charge in [0.05, 0.1) is 0 Å². The van der Waals surface area contributed by atoms with Crippen LogP contribution in [0.3, 0.4) is 0 Å². The van der Waals surface area contributed by atoms with Gasteiger partial charge >= 0.3 is 171 Å². The molecular formula is C24H28BrOP. The molecule has 2 atom stereocenters. The van der Waals surface area contributed by atoms with Crippen molar-refractivity contribution in [2.24, 2.45) is 0 Å². The van der Waals surface area contributed by atoms with E-state index in [1.807, 2.05) is 6.92 Å². The van der Waals surface area contributed by atoms with Crippen molar-refractivity contribution < 1.29 is 5.11 Å². The first-order valence-electron chi connectivity index (χ1n) is 9.61. The van der Waals surface area contributed by atoms with E-state index in [2.05, 4.69) is 113 Å². The van der Waals surface area contributed by atoms with Gasteiger partial charge in [-0.25, -0.2) is 0 Å². The molecule has 1 nitrogen and oxygen atoms in total. The Labute approximate surface area is 171 Å². The van der Waals surface area contributed by atoms with Crippen molar-refractivity contribution >= 4 is 36.7 Å². The molecule has 27 heavy (non-hydrogen) atoms. The zero-order valence-corrected chi connectivity index (χ0v) is 18.5. The summed E-state index contributed by atoms with van der Waals surface area (Å²) in [5, 5.41) is 11.7. The first-order valence-corrected chi connectivity index (χ1v) is 13.9. The molecular weight excluding hydrogens is 415 g/mol. The molecule has 0 saturated carbocycles. The summed E-state index contributed by atoms with van der Waals surface area (Å²) in [4.78, 5) is 0. The summed E-state index contributed by atoms with van der Waals surface area (Å²) >= 11 is 4.46. The first-order chi connectivity index (χ1) is 13.0. The number of aliphatic hydroxyl groups is 1. The van der Waals surface area contributed by atoms with Gasteiger partial charge in [0, 0.05) is 0 Å². The number of hydrogen-bond acceptors (Lipinski definition) is 1. The van der Waals surface area contributed by atoms with Gasteiger partial charge in [0.2, 0.25) is 0 Å². The maximum absolute atomic E-state index is 11.0. The molecule has 0 aliphatic rings. The predicted octanol–water partition coefficient (Wildman–Crippen LogP) is 5.38. The quantitative estimate of drug-likeness (QED) is 0.487. The average Bonchev–Trinajstić information content (AvgIpc) is 2.73. The molecule has 0 fully saturated rings. The van der Waals surface area contributed by atoms with Crippen LogP contribution < -0.4 is 15.9 Å². The molecule has 3 rings (SSSR count). The van der Waals surface area contributed by atoms with Gasteiger partial charge < -0.3 is 0 Å². The summed E-state index contributed by atoms with van der Waals surface area (Å²) in [6, 6.07) is 32.1. The summed E-state index contributed by atoms with van der Waals surface area (Å²) < 4.78 is 0. The van der Waals surface area contributed by atoms with Gasteiger partial charge in [-0.1, -0.05) is 0 Å². The van der Waals surface area contributed by atoms with Crippen LogP contribution in [0.15, 0.2) is 91.0 Å². The number of rotatable bonds is 7. The van der Waals surface area contributed by atoms with Gasteiger partial charge in [-0.2, -0.15) is 0 Å². The van der Waals surface area contributed by atoms with Crippen LogP contribution in [-0.4, -0.2) is 16.9 Å². The first kappa shape index (κ1) is 20.3. The molecule has 0 saturated heterocycles. The van der Waals surface area contributed by atoms with Crippen molar-refractivity contribution in [1.82, 2.24) is 0 Å². The van der Waals surface area contributed by atoms with E-state index in [0.717, 1.165) is 12.8 Å². The molecule has 0 aliphatic carbocycles. The number of aliphatic hydroxyl groups excluding tert-OH is 1. The van der Waals surface area contributed by atoms with Crippen LogP contribution in [0, 0.1) is 0 Å². The predicted molar refractivity (Wildman–Crippen MR) is 124 cm³/mol. The zero-order chi connectivity index (χ0) is 19.4. The van der Waals surface area contributed by atoms with Crippen LogP contribution >= 0.6 is 20.8 Å². The van der Waals surface area contributed by atoms with Crippen LogP contribution in [0.5, 0.6) is 0 Å². The summed E-state index contributed by atoms with van der Waals surface area (Å²) in [5.41, 5.74) is 0.0770. The van der Waals surface area contributed by atoms with Gasteiger partial charge in [-0.05, 0) is 0 Å². The molecule has 0 spiro atoms. The SMILES string of the molecule is CCCC(C(C)O)P(Br)(c1ccccc1)(c1ccccc1)c1ccccc1. The molecule has 0 heterocycles. The topological polar surface area (TPSA) is 20.2 Å². The van der Waals surface area contributed by atoms with Gasteiger partial charge in [0.25, 0.3) is 0 Å². The van der Waals surface area contributed by atoms with Crippen LogP contribution in [0.25, 0.3) is 0 Å². The third-order valence-electron chi connectivity index (χ3n) is 5.55. The Kier molecular flexibility index (Phi) is 6.21. The molecule has 0 aromatic heterocycles. The van der Waals surface area contributed by atoms with Gasteiger partial charge in [0.15, 0.2) is 0 Å². The summed E-state index contributed by atoms with van der Waals surface area (Å²) in [5.74, 6) is 0. The van der Waals surface area contributed by atoms with E-state index >= 15 is 0 Å². The van der Waals surface area contributed by atoms with Crippen molar-refractivity contribution in [3.05, 3.63) is 91.0 Å². The number of halogens is 1. The standard InChI is InChI=1S/C24H28BrOP/c1-3-13-24(20(2)26)27(25,21-14-7-4-8-15-21,22-16-9-5-10-17-22)23-18-11-6-12-19-23/h4-12,14-20,24,26H,3,13H2,1-2H3. The molecule has 0 radical (unpaired) electrons. The fourth-order valence-electron chi connectivity index (χ4n) is 4.36. The van der Waals surface area contributed by atoms with Crippen LogP contribution in [0.1, 0.15) is 26.7 Å². The molecule has 3 aromatic carbocycles. The second kappa shape index (κ2) is 8.27. The summed E-state index contributed by atoms with van der Waals surface area (Å²) in [6.07, 6.45) is 1.52. The van der Waals surface area contributed by atoms with E-state index in [1.54, 1.807) is 0 Å². The number of hydrogen-bond donors (Lipinski definition) is 1. The van der Waals surface area contributed by atoms with E-state index in [9.17, 15) is 5.11 Å². The van der Waals surface area contributed by atoms with E-state index in [4.69, 9.17) is 0 Å². The van der Waals surface area contributed by atoms with Gasteiger partial charge in [0.1, 0.15) is 0 Å². The van der Waals surface area contributed by atoms with Crippen molar-refractivity contribution in [3.63, 3.8) is 0 Å². The molecule has 3 aromatic rings. The van der Waals surface area contributed by atoms with E-state index in [0.29, 0.717) is 0 Å². The van der Waals surface area contributed by atoms with Gasteiger partial charge in [-0.15, -0.1) is 0 Å². The van der Waals surface area contributed by atoms with E-state index < -0.39 is 11.4 Å². The average molecular weight is 443 g/mol. The Bertz CT molecular complexity index is 750. The third kappa shape index (κ3) is 3.29. The second-order valence-electron chi connectivity index (χ2n) is 7.18.